The quantitative estimate of drug-likeness (QED) is 0.728. The Kier molecular flexibility index (Phi) is 3.22. The third-order valence-electron chi connectivity index (χ3n) is 1.43. The van der Waals surface area contributed by atoms with Crippen LogP contribution in [-0.4, -0.2) is 30.0 Å². The second-order valence-corrected chi connectivity index (χ2v) is 4.01. The second kappa shape index (κ2) is 4.21. The Labute approximate surface area is 83.7 Å². The van der Waals surface area contributed by atoms with E-state index in [0.717, 1.165) is 0 Å². The van der Waals surface area contributed by atoms with Crippen LogP contribution in [0.5, 0.6) is 0 Å². The molecule has 0 aromatic heterocycles. The van der Waals surface area contributed by atoms with Gasteiger partial charge in [-0.3, -0.25) is 0 Å². The Balaban J connectivity index is 2.18. The molecule has 1 aliphatic heterocycles. The van der Waals surface area contributed by atoms with Gasteiger partial charge in [0.1, 0.15) is 11.9 Å². The molecule has 1 rings (SSSR count). The number of hydrogen-bond donors (Lipinski definition) is 1. The highest BCUT2D eigenvalue weighted by atomic mass is 16.6. The van der Waals surface area contributed by atoms with Crippen LogP contribution in [0.15, 0.2) is 12.5 Å². The van der Waals surface area contributed by atoms with Crippen molar-refractivity contribution in [2.75, 3.05) is 13.4 Å². The van der Waals surface area contributed by atoms with Gasteiger partial charge in [-0.1, -0.05) is 0 Å². The summed E-state index contributed by atoms with van der Waals surface area (Å²) in [5.74, 6) is 0. The van der Waals surface area contributed by atoms with Gasteiger partial charge in [-0.25, -0.2) is 4.79 Å². The van der Waals surface area contributed by atoms with Crippen LogP contribution in [0.25, 0.3) is 0 Å². The molecule has 0 aromatic carbocycles. The number of ether oxygens (including phenoxy) is 2. The third kappa shape index (κ3) is 4.02. The van der Waals surface area contributed by atoms with Crippen molar-refractivity contribution < 1.29 is 14.3 Å². The smallest absolute Gasteiger partial charge is 0.409 e. The fourth-order valence-corrected chi connectivity index (χ4v) is 0.890. The van der Waals surface area contributed by atoms with Crippen LogP contribution in [-0.2, 0) is 9.47 Å². The van der Waals surface area contributed by atoms with Gasteiger partial charge in [-0.15, -0.1) is 0 Å². The molecule has 5 heteroatoms. The van der Waals surface area contributed by atoms with E-state index in [2.05, 4.69) is 5.32 Å². The maximum Gasteiger partial charge on any atom is 0.409 e. The van der Waals surface area contributed by atoms with Crippen molar-refractivity contribution in [1.29, 1.82) is 0 Å². The molecule has 1 amide bonds. The molecule has 0 saturated heterocycles. The van der Waals surface area contributed by atoms with Crippen molar-refractivity contribution in [2.45, 2.75) is 26.4 Å². The molecular formula is C9H16N2O3. The van der Waals surface area contributed by atoms with Crippen LogP contribution in [0, 0.1) is 0 Å². The van der Waals surface area contributed by atoms with Crippen molar-refractivity contribution in [3.63, 3.8) is 0 Å². The first-order valence-corrected chi connectivity index (χ1v) is 4.46. The molecule has 14 heavy (non-hydrogen) atoms. The Morgan fingerprint density at radius 1 is 1.64 bits per heavy atom. The molecular weight excluding hydrogens is 184 g/mol. The van der Waals surface area contributed by atoms with Crippen LogP contribution >= 0.6 is 0 Å². The summed E-state index contributed by atoms with van der Waals surface area (Å²) in [6, 6.07) is 0. The van der Waals surface area contributed by atoms with E-state index in [1.807, 2.05) is 25.7 Å². The number of rotatable bonds is 2. The summed E-state index contributed by atoms with van der Waals surface area (Å²) < 4.78 is 10.00. The van der Waals surface area contributed by atoms with E-state index in [9.17, 15) is 4.79 Å². The van der Waals surface area contributed by atoms with Gasteiger partial charge in [-0.05, 0) is 20.8 Å². The molecule has 0 aromatic rings. The molecule has 0 atom stereocenters. The SMILES string of the molecule is CC(C)(C)OC(=O)NCN1C=COC1. The summed E-state index contributed by atoms with van der Waals surface area (Å²) in [4.78, 5) is 13.0. The summed E-state index contributed by atoms with van der Waals surface area (Å²) >= 11 is 0. The molecule has 0 unspecified atom stereocenters. The average molecular weight is 200 g/mol. The van der Waals surface area contributed by atoms with Crippen LogP contribution in [0.1, 0.15) is 20.8 Å². The fourth-order valence-electron chi connectivity index (χ4n) is 0.890. The molecule has 5 nitrogen and oxygen atoms in total. The minimum atomic E-state index is -0.457. The summed E-state index contributed by atoms with van der Waals surface area (Å²) in [7, 11) is 0. The van der Waals surface area contributed by atoms with Gasteiger partial charge < -0.3 is 19.7 Å². The molecule has 0 spiro atoms. The summed E-state index contributed by atoms with van der Waals surface area (Å²) in [5.41, 5.74) is -0.457. The number of carbonyl (C=O) groups is 1. The highest BCUT2D eigenvalue weighted by Gasteiger charge is 2.16. The van der Waals surface area contributed by atoms with E-state index < -0.39 is 11.7 Å². The summed E-state index contributed by atoms with van der Waals surface area (Å²) in [5, 5.41) is 2.61. The number of alkyl carbamates (subject to hydrolysis) is 1. The normalized spacial score (nSPS) is 15.2. The van der Waals surface area contributed by atoms with Gasteiger partial charge in [0.25, 0.3) is 0 Å². The maximum absolute atomic E-state index is 11.2. The zero-order valence-corrected chi connectivity index (χ0v) is 8.74. The Hall–Kier alpha value is -1.39. The monoisotopic (exact) mass is 200 g/mol. The van der Waals surface area contributed by atoms with Gasteiger partial charge in [0, 0.05) is 6.20 Å². The zero-order chi connectivity index (χ0) is 10.6. The van der Waals surface area contributed by atoms with Crippen molar-refractivity contribution in [2.24, 2.45) is 0 Å². The van der Waals surface area contributed by atoms with Crippen molar-refractivity contribution in [3.05, 3.63) is 12.5 Å². The van der Waals surface area contributed by atoms with Crippen LogP contribution in [0.4, 0.5) is 4.79 Å². The molecule has 0 radical (unpaired) electrons. The Morgan fingerprint density at radius 2 is 2.36 bits per heavy atom. The molecule has 1 N–H and O–H groups in total. The van der Waals surface area contributed by atoms with Gasteiger partial charge in [0.05, 0.1) is 6.67 Å². The Bertz CT molecular complexity index is 233. The molecule has 0 aliphatic carbocycles. The van der Waals surface area contributed by atoms with Crippen LogP contribution in [0.2, 0.25) is 0 Å². The van der Waals surface area contributed by atoms with Gasteiger partial charge >= 0.3 is 6.09 Å². The van der Waals surface area contributed by atoms with Gasteiger partial charge in [-0.2, -0.15) is 0 Å². The maximum atomic E-state index is 11.2. The molecule has 1 aliphatic rings. The van der Waals surface area contributed by atoms with E-state index in [0.29, 0.717) is 13.4 Å². The second-order valence-electron chi connectivity index (χ2n) is 4.01. The topological polar surface area (TPSA) is 50.8 Å². The lowest BCUT2D eigenvalue weighted by Gasteiger charge is -2.21. The summed E-state index contributed by atoms with van der Waals surface area (Å²) in [6.07, 6.45) is 2.92. The average Bonchev–Trinajstić information content (AvgIpc) is 2.49. The predicted molar refractivity (Wildman–Crippen MR) is 51.2 cm³/mol. The van der Waals surface area contributed by atoms with E-state index in [1.165, 1.54) is 0 Å². The largest absolute Gasteiger partial charge is 0.479 e. The molecule has 80 valence electrons. The number of amides is 1. The number of hydrogen-bond acceptors (Lipinski definition) is 4. The van der Waals surface area contributed by atoms with Crippen LogP contribution < -0.4 is 5.32 Å². The first kappa shape index (κ1) is 10.7. The predicted octanol–water partition coefficient (Wildman–Crippen LogP) is 1.23. The highest BCUT2D eigenvalue weighted by Crippen LogP contribution is 2.06. The first-order valence-electron chi connectivity index (χ1n) is 4.46. The van der Waals surface area contributed by atoms with E-state index in [4.69, 9.17) is 9.47 Å². The fraction of sp³-hybridized carbons (Fsp3) is 0.667. The van der Waals surface area contributed by atoms with Crippen molar-refractivity contribution >= 4 is 6.09 Å². The van der Waals surface area contributed by atoms with Gasteiger partial charge in [0.15, 0.2) is 6.73 Å². The summed E-state index contributed by atoms with van der Waals surface area (Å²) in [6.45, 7) is 6.34. The van der Waals surface area contributed by atoms with Crippen LogP contribution in [0.3, 0.4) is 0 Å². The third-order valence-corrected chi connectivity index (χ3v) is 1.43. The number of nitrogens with one attached hydrogen (secondary N) is 1. The molecule has 0 fully saturated rings. The standard InChI is InChI=1S/C9H16N2O3/c1-9(2,3)14-8(12)10-6-11-4-5-13-7-11/h4-5H,6-7H2,1-3H3,(H,10,12). The van der Waals surface area contributed by atoms with E-state index in [-0.39, 0.29) is 0 Å². The zero-order valence-electron chi connectivity index (χ0n) is 8.74. The van der Waals surface area contributed by atoms with E-state index >= 15 is 0 Å². The molecule has 0 bridgehead atoms. The number of nitrogens with zero attached hydrogens (tertiary/aromatic N) is 1. The molecule has 0 saturated carbocycles. The lowest BCUT2D eigenvalue weighted by atomic mass is 10.2. The highest BCUT2D eigenvalue weighted by molar-refractivity contribution is 5.67. The molecule has 1 heterocycles. The minimum absolute atomic E-state index is 0.394. The van der Waals surface area contributed by atoms with E-state index in [1.54, 1.807) is 12.5 Å². The number of carbonyl (C=O) groups excluding carboxylic acids is 1. The minimum Gasteiger partial charge on any atom is -0.479 e. The first-order chi connectivity index (χ1) is 6.47. The van der Waals surface area contributed by atoms with Crippen molar-refractivity contribution in [3.8, 4) is 0 Å². The Morgan fingerprint density at radius 3 is 2.86 bits per heavy atom. The van der Waals surface area contributed by atoms with Crippen molar-refractivity contribution in [1.82, 2.24) is 10.2 Å². The van der Waals surface area contributed by atoms with Gasteiger partial charge in [0.2, 0.25) is 0 Å². The lowest BCUT2D eigenvalue weighted by molar-refractivity contribution is 0.0488. The lowest BCUT2D eigenvalue weighted by Crippen LogP contribution is -2.38.